The fraction of sp³-hybridized carbons (Fsp3) is 0.267. The van der Waals surface area contributed by atoms with Gasteiger partial charge in [-0.1, -0.05) is 29.8 Å². The zero-order valence-corrected chi connectivity index (χ0v) is 14.8. The van der Waals surface area contributed by atoms with Crippen molar-refractivity contribution >= 4 is 49.2 Å². The van der Waals surface area contributed by atoms with Crippen LogP contribution < -0.4 is 5.32 Å². The first-order valence-corrected chi connectivity index (χ1v) is 8.49. The number of fused-ring (bicyclic) bond motifs is 1. The number of thiophene rings is 1. The van der Waals surface area contributed by atoms with E-state index < -0.39 is 0 Å². The summed E-state index contributed by atoms with van der Waals surface area (Å²) >= 11 is 4.94. The predicted molar refractivity (Wildman–Crippen MR) is 92.7 cm³/mol. The molecule has 0 aliphatic heterocycles. The number of hydrogen-bond acceptors (Lipinski definition) is 4. The van der Waals surface area contributed by atoms with Gasteiger partial charge >= 0.3 is 0 Å². The van der Waals surface area contributed by atoms with Gasteiger partial charge in [-0.25, -0.2) is 0 Å². The van der Waals surface area contributed by atoms with E-state index in [2.05, 4.69) is 36.4 Å². The molecular weight excluding hydrogens is 364 g/mol. The zero-order valence-electron chi connectivity index (χ0n) is 12.4. The minimum absolute atomic E-state index is 0.177. The molecule has 7 heteroatoms. The maximum atomic E-state index is 12.5. The number of aromatic amines is 1. The molecule has 5 nitrogen and oxygen atoms in total. The molecule has 1 aromatic carbocycles. The van der Waals surface area contributed by atoms with Gasteiger partial charge in [-0.3, -0.25) is 15.2 Å². The van der Waals surface area contributed by atoms with Crippen LogP contribution in [0.5, 0.6) is 0 Å². The Kier molecular flexibility index (Phi) is 4.01. The number of carbonyl (C=O) groups excluding carboxylic acids is 1. The van der Waals surface area contributed by atoms with Crippen molar-refractivity contribution < 1.29 is 4.79 Å². The maximum absolute atomic E-state index is 12.5. The first-order chi connectivity index (χ1) is 10.5. The summed E-state index contributed by atoms with van der Waals surface area (Å²) in [6.45, 7) is 5.98. The predicted octanol–water partition coefficient (Wildman–Crippen LogP) is 4.47. The fourth-order valence-electron chi connectivity index (χ4n) is 2.16. The lowest BCUT2D eigenvalue weighted by Gasteiger charge is -2.00. The van der Waals surface area contributed by atoms with Crippen LogP contribution in [0, 0.1) is 6.92 Å². The van der Waals surface area contributed by atoms with Gasteiger partial charge in [-0.15, -0.1) is 16.4 Å². The van der Waals surface area contributed by atoms with Crippen LogP contribution >= 0.6 is 27.3 Å². The Bertz CT molecular complexity index is 852. The summed E-state index contributed by atoms with van der Waals surface area (Å²) in [5.74, 6) is 1.13. The van der Waals surface area contributed by atoms with Crippen molar-refractivity contribution in [3.8, 4) is 0 Å². The number of anilines is 1. The van der Waals surface area contributed by atoms with Gasteiger partial charge in [0.05, 0.1) is 4.88 Å². The van der Waals surface area contributed by atoms with Crippen molar-refractivity contribution in [2.24, 2.45) is 0 Å². The van der Waals surface area contributed by atoms with Crippen LogP contribution in [0.15, 0.2) is 22.7 Å². The van der Waals surface area contributed by atoms with Crippen LogP contribution in [-0.4, -0.2) is 21.1 Å². The van der Waals surface area contributed by atoms with E-state index in [9.17, 15) is 4.79 Å². The number of amides is 1. The Morgan fingerprint density at radius 3 is 2.86 bits per heavy atom. The molecule has 0 unspecified atom stereocenters. The molecule has 0 aliphatic rings. The third-order valence-corrected chi connectivity index (χ3v) is 5.14. The lowest BCUT2D eigenvalue weighted by atomic mass is 10.1. The Labute approximate surface area is 140 Å². The molecule has 22 heavy (non-hydrogen) atoms. The van der Waals surface area contributed by atoms with Crippen LogP contribution in [0.1, 0.15) is 40.8 Å². The van der Waals surface area contributed by atoms with Crippen LogP contribution in [0.25, 0.3) is 10.1 Å². The topological polar surface area (TPSA) is 70.7 Å². The summed E-state index contributed by atoms with van der Waals surface area (Å²) in [4.78, 5) is 17.4. The number of aromatic nitrogens is 3. The van der Waals surface area contributed by atoms with E-state index in [1.54, 1.807) is 0 Å². The van der Waals surface area contributed by atoms with Gasteiger partial charge in [0, 0.05) is 15.1 Å². The lowest BCUT2D eigenvalue weighted by molar-refractivity contribution is 0.102. The summed E-state index contributed by atoms with van der Waals surface area (Å²) in [7, 11) is 0. The Morgan fingerprint density at radius 1 is 1.41 bits per heavy atom. The lowest BCUT2D eigenvalue weighted by Crippen LogP contribution is -2.12. The Hall–Kier alpha value is -1.73. The second kappa shape index (κ2) is 5.81. The van der Waals surface area contributed by atoms with E-state index in [4.69, 9.17) is 0 Å². The van der Waals surface area contributed by atoms with Gasteiger partial charge in [-0.05, 0) is 36.1 Å². The van der Waals surface area contributed by atoms with E-state index >= 15 is 0 Å². The molecule has 0 bridgehead atoms. The van der Waals surface area contributed by atoms with Gasteiger partial charge in [0.2, 0.25) is 5.95 Å². The molecule has 3 rings (SSSR count). The molecule has 0 spiro atoms. The van der Waals surface area contributed by atoms with Gasteiger partial charge in [0.15, 0.2) is 0 Å². The molecule has 114 valence electrons. The van der Waals surface area contributed by atoms with Gasteiger partial charge in [0.25, 0.3) is 5.91 Å². The van der Waals surface area contributed by atoms with Crippen molar-refractivity contribution in [1.82, 2.24) is 15.2 Å². The summed E-state index contributed by atoms with van der Waals surface area (Å²) in [5.41, 5.74) is 0.971. The quantitative estimate of drug-likeness (QED) is 0.706. The van der Waals surface area contributed by atoms with Gasteiger partial charge < -0.3 is 0 Å². The highest BCUT2D eigenvalue weighted by Crippen LogP contribution is 2.33. The second-order valence-electron chi connectivity index (χ2n) is 5.35. The average Bonchev–Trinajstić information content (AvgIpc) is 3.05. The number of aryl methyl sites for hydroxylation is 1. The minimum Gasteiger partial charge on any atom is -0.288 e. The molecular formula is C15H15BrN4OS. The van der Waals surface area contributed by atoms with Gasteiger partial charge in [0.1, 0.15) is 5.82 Å². The smallest absolute Gasteiger partial charge is 0.268 e. The average molecular weight is 379 g/mol. The number of halogens is 1. The van der Waals surface area contributed by atoms with Crippen LogP contribution in [0.3, 0.4) is 0 Å². The zero-order chi connectivity index (χ0) is 15.9. The summed E-state index contributed by atoms with van der Waals surface area (Å²) in [6, 6.07) is 6.02. The summed E-state index contributed by atoms with van der Waals surface area (Å²) in [5, 5.41) is 10.7. The maximum Gasteiger partial charge on any atom is 0.268 e. The molecule has 0 aliphatic carbocycles. The first kappa shape index (κ1) is 15.2. The number of nitrogens with one attached hydrogen (secondary N) is 2. The molecule has 0 radical (unpaired) electrons. The van der Waals surface area contributed by atoms with Crippen molar-refractivity contribution in [3.05, 3.63) is 38.9 Å². The molecule has 2 aromatic heterocycles. The Morgan fingerprint density at radius 2 is 2.18 bits per heavy atom. The molecule has 2 N–H and O–H groups in total. The van der Waals surface area contributed by atoms with Crippen molar-refractivity contribution in [3.63, 3.8) is 0 Å². The number of benzene rings is 1. The highest BCUT2D eigenvalue weighted by atomic mass is 79.9. The van der Waals surface area contributed by atoms with E-state index in [0.717, 1.165) is 25.9 Å². The molecule has 3 aromatic rings. The number of H-pyrrole nitrogens is 1. The molecule has 0 fully saturated rings. The van der Waals surface area contributed by atoms with Crippen LogP contribution in [0.2, 0.25) is 0 Å². The number of nitrogens with zero attached hydrogens (tertiary/aromatic N) is 2. The third kappa shape index (κ3) is 2.78. The molecule has 0 saturated heterocycles. The van der Waals surface area contributed by atoms with Crippen molar-refractivity contribution in [1.29, 1.82) is 0 Å². The monoisotopic (exact) mass is 378 g/mol. The van der Waals surface area contributed by atoms with E-state index in [-0.39, 0.29) is 11.8 Å². The fourth-order valence-corrected chi connectivity index (χ4v) is 3.60. The highest BCUT2D eigenvalue weighted by molar-refractivity contribution is 9.10. The summed E-state index contributed by atoms with van der Waals surface area (Å²) < 4.78 is 2.09. The van der Waals surface area contributed by atoms with E-state index in [0.29, 0.717) is 10.8 Å². The highest BCUT2D eigenvalue weighted by Gasteiger charge is 2.17. The third-order valence-electron chi connectivity index (χ3n) is 3.38. The molecule has 0 atom stereocenters. The SMILES string of the molecule is Cc1c(C(=O)Nc2n[nH]c(C(C)C)n2)sc2ccc(Br)cc12. The van der Waals surface area contributed by atoms with Crippen molar-refractivity contribution in [2.75, 3.05) is 5.32 Å². The number of rotatable bonds is 3. The van der Waals surface area contributed by atoms with Crippen molar-refractivity contribution in [2.45, 2.75) is 26.7 Å². The second-order valence-corrected chi connectivity index (χ2v) is 7.32. The first-order valence-electron chi connectivity index (χ1n) is 6.88. The van der Waals surface area contributed by atoms with E-state index in [1.165, 1.54) is 11.3 Å². The summed E-state index contributed by atoms with van der Waals surface area (Å²) in [6.07, 6.45) is 0. The molecule has 0 saturated carbocycles. The normalized spacial score (nSPS) is 11.3. The molecule has 2 heterocycles. The van der Waals surface area contributed by atoms with E-state index in [1.807, 2.05) is 39.0 Å². The van der Waals surface area contributed by atoms with Crippen LogP contribution in [-0.2, 0) is 0 Å². The number of hydrogen-bond donors (Lipinski definition) is 2. The molecule has 1 amide bonds. The van der Waals surface area contributed by atoms with Crippen LogP contribution in [0.4, 0.5) is 5.95 Å². The van der Waals surface area contributed by atoms with Gasteiger partial charge in [-0.2, -0.15) is 4.98 Å². The Balaban J connectivity index is 1.90. The number of carbonyl (C=O) groups is 1. The minimum atomic E-state index is -0.177. The largest absolute Gasteiger partial charge is 0.288 e. The standard InChI is InChI=1S/C15H15BrN4OS/c1-7(2)13-17-15(20-19-13)18-14(21)12-8(3)10-6-9(16)4-5-11(10)22-12/h4-7H,1-3H3,(H2,17,18,19,20,21).